The Morgan fingerprint density at radius 3 is 2.47 bits per heavy atom. The highest BCUT2D eigenvalue weighted by Gasteiger charge is 2.18. The minimum absolute atomic E-state index is 0.136. The third kappa shape index (κ3) is 6.99. The molecule has 0 aliphatic carbocycles. The molecule has 2 aromatic carbocycles. The molecule has 2 N–H and O–H groups in total. The SMILES string of the molecule is C=NC(=O)/C(=C\N(CNc1ccc(Oc2cccc(F)n2)cc1)Cc1ccc(C)cc1)C(=O)O. The number of aryl methyl sites for hydroxylation is 1. The Hall–Kier alpha value is -4.53. The highest BCUT2D eigenvalue weighted by molar-refractivity contribution is 6.16. The number of nitrogens with one attached hydrogen (secondary N) is 1. The van der Waals surface area contributed by atoms with Crippen molar-refractivity contribution in [1.29, 1.82) is 0 Å². The molecule has 0 saturated heterocycles. The number of carbonyl (C=O) groups excluding carboxylic acids is 1. The summed E-state index contributed by atoms with van der Waals surface area (Å²) in [7, 11) is 0. The second-order valence-electron chi connectivity index (χ2n) is 7.30. The van der Waals surface area contributed by atoms with Gasteiger partial charge in [-0.25, -0.2) is 9.79 Å². The number of amides is 1. The quantitative estimate of drug-likeness (QED) is 0.115. The average Bonchev–Trinajstić information content (AvgIpc) is 2.82. The fourth-order valence-corrected chi connectivity index (χ4v) is 2.95. The average molecular weight is 462 g/mol. The number of carboxylic acids is 1. The number of carboxylic acid groups (broad SMARTS) is 1. The lowest BCUT2D eigenvalue weighted by atomic mass is 10.1. The highest BCUT2D eigenvalue weighted by atomic mass is 19.1. The van der Waals surface area contributed by atoms with Crippen molar-refractivity contribution >= 4 is 24.3 Å². The summed E-state index contributed by atoms with van der Waals surface area (Å²) in [6, 6.07) is 18.9. The maximum Gasteiger partial charge on any atom is 0.342 e. The minimum Gasteiger partial charge on any atom is -0.477 e. The molecule has 34 heavy (non-hydrogen) atoms. The van der Waals surface area contributed by atoms with Crippen LogP contribution < -0.4 is 10.1 Å². The molecule has 0 aliphatic heterocycles. The Kier molecular flexibility index (Phi) is 8.07. The number of ether oxygens (including phenoxy) is 1. The number of carbonyl (C=O) groups is 2. The monoisotopic (exact) mass is 462 g/mol. The number of hydrogen-bond acceptors (Lipinski definition) is 6. The van der Waals surface area contributed by atoms with Crippen LogP contribution in [0.3, 0.4) is 0 Å². The molecule has 0 fully saturated rings. The summed E-state index contributed by atoms with van der Waals surface area (Å²) < 4.78 is 18.7. The lowest BCUT2D eigenvalue weighted by molar-refractivity contribution is -0.134. The zero-order chi connectivity index (χ0) is 24.5. The lowest BCUT2D eigenvalue weighted by Crippen LogP contribution is -2.26. The standard InChI is InChI=1S/C25H23FN4O4/c1-17-6-8-18(9-7-17)14-30(15-21(25(32)33)24(31)27-2)16-28-19-10-12-20(13-11-19)34-23-5-3-4-22(26)29-23/h3-13,15,28H,2,14,16H2,1H3,(H,32,33)/b21-15+. The number of nitrogens with zero attached hydrogens (tertiary/aromatic N) is 3. The van der Waals surface area contributed by atoms with Crippen LogP contribution in [0.2, 0.25) is 0 Å². The van der Waals surface area contributed by atoms with Gasteiger partial charge in [-0.1, -0.05) is 35.9 Å². The second-order valence-corrected chi connectivity index (χ2v) is 7.30. The number of rotatable bonds is 10. The molecule has 3 rings (SSSR count). The summed E-state index contributed by atoms with van der Waals surface area (Å²) in [6.07, 6.45) is 1.25. The second kappa shape index (κ2) is 11.4. The van der Waals surface area contributed by atoms with Gasteiger partial charge in [0.15, 0.2) is 0 Å². The first kappa shape index (κ1) is 24.1. The first-order chi connectivity index (χ1) is 16.3. The van der Waals surface area contributed by atoms with E-state index in [0.717, 1.165) is 11.1 Å². The van der Waals surface area contributed by atoms with E-state index in [2.05, 4.69) is 22.0 Å². The number of hydrogen-bond donors (Lipinski definition) is 2. The van der Waals surface area contributed by atoms with Gasteiger partial charge in [-0.2, -0.15) is 9.37 Å². The fraction of sp³-hybridized carbons (Fsp3) is 0.120. The molecule has 3 aromatic rings. The Morgan fingerprint density at radius 2 is 1.85 bits per heavy atom. The molecular weight excluding hydrogens is 439 g/mol. The third-order valence-corrected chi connectivity index (χ3v) is 4.67. The van der Waals surface area contributed by atoms with Crippen molar-refractivity contribution in [2.75, 3.05) is 12.0 Å². The molecule has 174 valence electrons. The molecule has 8 nitrogen and oxygen atoms in total. The van der Waals surface area contributed by atoms with Crippen LogP contribution in [0.4, 0.5) is 10.1 Å². The van der Waals surface area contributed by atoms with Crippen LogP contribution in [-0.4, -0.2) is 40.3 Å². The Balaban J connectivity index is 1.73. The summed E-state index contributed by atoms with van der Waals surface area (Å²) in [5.74, 6) is -2.34. The lowest BCUT2D eigenvalue weighted by Gasteiger charge is -2.22. The van der Waals surface area contributed by atoms with E-state index in [1.807, 2.05) is 31.2 Å². The predicted molar refractivity (Wildman–Crippen MR) is 126 cm³/mol. The summed E-state index contributed by atoms with van der Waals surface area (Å²) in [5, 5.41) is 12.6. The van der Waals surface area contributed by atoms with E-state index in [9.17, 15) is 19.1 Å². The van der Waals surface area contributed by atoms with Gasteiger partial charge in [-0.05, 0) is 49.5 Å². The number of aliphatic carboxylic acids is 1. The van der Waals surface area contributed by atoms with Gasteiger partial charge < -0.3 is 20.1 Å². The molecule has 0 saturated carbocycles. The maximum absolute atomic E-state index is 13.2. The first-order valence-electron chi connectivity index (χ1n) is 10.2. The summed E-state index contributed by atoms with van der Waals surface area (Å²) >= 11 is 0. The van der Waals surface area contributed by atoms with Crippen LogP contribution in [0.5, 0.6) is 11.6 Å². The largest absolute Gasteiger partial charge is 0.477 e. The zero-order valence-electron chi connectivity index (χ0n) is 18.4. The molecule has 1 amide bonds. The van der Waals surface area contributed by atoms with Crippen molar-refractivity contribution in [3.05, 3.63) is 95.6 Å². The molecule has 0 spiro atoms. The van der Waals surface area contributed by atoms with Gasteiger partial charge in [0, 0.05) is 24.5 Å². The molecule has 0 unspecified atom stereocenters. The van der Waals surface area contributed by atoms with Crippen LogP contribution >= 0.6 is 0 Å². The third-order valence-electron chi connectivity index (χ3n) is 4.67. The molecule has 0 bridgehead atoms. The molecular formula is C25H23FN4O4. The molecule has 9 heteroatoms. The van der Waals surface area contributed by atoms with Gasteiger partial charge in [0.25, 0.3) is 5.91 Å². The smallest absolute Gasteiger partial charge is 0.342 e. The zero-order valence-corrected chi connectivity index (χ0v) is 18.4. The molecule has 1 heterocycles. The highest BCUT2D eigenvalue weighted by Crippen LogP contribution is 2.22. The van der Waals surface area contributed by atoms with Crippen molar-refractivity contribution in [3.8, 4) is 11.6 Å². The van der Waals surface area contributed by atoms with E-state index in [0.29, 0.717) is 18.0 Å². The maximum atomic E-state index is 13.2. The molecule has 0 radical (unpaired) electrons. The van der Waals surface area contributed by atoms with Gasteiger partial charge in [-0.15, -0.1) is 0 Å². The minimum atomic E-state index is -1.39. The number of anilines is 1. The van der Waals surface area contributed by atoms with E-state index < -0.39 is 23.4 Å². The van der Waals surface area contributed by atoms with Crippen molar-refractivity contribution in [2.24, 2.45) is 4.99 Å². The molecule has 0 aliphatic rings. The van der Waals surface area contributed by atoms with E-state index in [1.165, 1.54) is 18.3 Å². The van der Waals surface area contributed by atoms with Crippen molar-refractivity contribution in [3.63, 3.8) is 0 Å². The van der Waals surface area contributed by atoms with Gasteiger partial charge in [0.1, 0.15) is 11.3 Å². The van der Waals surface area contributed by atoms with Gasteiger partial charge in [0.05, 0.1) is 6.67 Å². The van der Waals surface area contributed by atoms with E-state index in [-0.39, 0.29) is 12.5 Å². The summed E-state index contributed by atoms with van der Waals surface area (Å²) in [5.41, 5.74) is 2.25. The fourth-order valence-electron chi connectivity index (χ4n) is 2.95. The van der Waals surface area contributed by atoms with Gasteiger partial charge in [-0.3, -0.25) is 4.79 Å². The number of aliphatic imine (C=N–C) groups is 1. The van der Waals surface area contributed by atoms with E-state index in [1.54, 1.807) is 35.2 Å². The van der Waals surface area contributed by atoms with Crippen LogP contribution in [-0.2, 0) is 16.1 Å². The van der Waals surface area contributed by atoms with Crippen LogP contribution in [0, 0.1) is 12.9 Å². The molecule has 0 atom stereocenters. The van der Waals surface area contributed by atoms with Crippen molar-refractivity contribution in [1.82, 2.24) is 9.88 Å². The number of aromatic nitrogens is 1. The van der Waals surface area contributed by atoms with Crippen molar-refractivity contribution in [2.45, 2.75) is 13.5 Å². The van der Waals surface area contributed by atoms with E-state index >= 15 is 0 Å². The van der Waals surface area contributed by atoms with Gasteiger partial charge >= 0.3 is 5.97 Å². The number of benzene rings is 2. The van der Waals surface area contributed by atoms with Crippen LogP contribution in [0.15, 0.2) is 83.5 Å². The van der Waals surface area contributed by atoms with Crippen LogP contribution in [0.25, 0.3) is 0 Å². The summed E-state index contributed by atoms with van der Waals surface area (Å²) in [6.45, 7) is 5.64. The Labute approximate surface area is 196 Å². The summed E-state index contributed by atoms with van der Waals surface area (Å²) in [4.78, 5) is 32.0. The normalized spacial score (nSPS) is 10.9. The van der Waals surface area contributed by atoms with Gasteiger partial charge in [0.2, 0.25) is 11.8 Å². The van der Waals surface area contributed by atoms with Crippen LogP contribution in [0.1, 0.15) is 11.1 Å². The number of pyridine rings is 1. The first-order valence-corrected chi connectivity index (χ1v) is 10.2. The Bertz CT molecular complexity index is 1190. The van der Waals surface area contributed by atoms with E-state index in [4.69, 9.17) is 4.74 Å². The predicted octanol–water partition coefficient (Wildman–Crippen LogP) is 4.39. The van der Waals surface area contributed by atoms with Crippen molar-refractivity contribution < 1.29 is 23.8 Å². The number of halogens is 1. The topological polar surface area (TPSA) is 104 Å². The molecule has 1 aromatic heterocycles. The Morgan fingerprint density at radius 1 is 1.15 bits per heavy atom.